The zero-order valence-electron chi connectivity index (χ0n) is 13.1. The van der Waals surface area contributed by atoms with Crippen molar-refractivity contribution in [2.75, 3.05) is 0 Å². The summed E-state index contributed by atoms with van der Waals surface area (Å²) in [6.07, 6.45) is 3.31. The number of hydrogen-bond donors (Lipinski definition) is 1. The second-order valence-electron chi connectivity index (χ2n) is 7.71. The fourth-order valence-electron chi connectivity index (χ4n) is 3.88. The molecule has 0 atom stereocenters. The van der Waals surface area contributed by atoms with Gasteiger partial charge in [-0.3, -0.25) is 4.79 Å². The van der Waals surface area contributed by atoms with Crippen molar-refractivity contribution in [3.63, 3.8) is 0 Å². The minimum Gasteiger partial charge on any atom is -0.349 e. The average molecular weight is 464 g/mol. The lowest BCUT2D eigenvalue weighted by atomic mass is 9.63. The summed E-state index contributed by atoms with van der Waals surface area (Å²) in [5, 5.41) is 3.25. The highest BCUT2D eigenvalue weighted by atomic mass is 127. The van der Waals surface area contributed by atoms with Gasteiger partial charge in [-0.05, 0) is 70.9 Å². The second kappa shape index (κ2) is 6.19. The number of halogens is 2. The Morgan fingerprint density at radius 3 is 2.38 bits per heavy atom. The first-order valence-corrected chi connectivity index (χ1v) is 9.21. The zero-order valence-corrected chi connectivity index (χ0v) is 16.8. The molecule has 0 heterocycles. The normalized spacial score (nSPS) is 21.0. The topological polar surface area (TPSA) is 29.1 Å². The molecule has 2 nitrogen and oxygen atoms in total. The molecule has 1 N–H and O–H groups in total. The van der Waals surface area contributed by atoms with Crippen LogP contribution in [0.1, 0.15) is 57.3 Å². The quantitative estimate of drug-likeness (QED) is 0.585. The van der Waals surface area contributed by atoms with E-state index in [0.29, 0.717) is 0 Å². The largest absolute Gasteiger partial charge is 0.349 e. The van der Waals surface area contributed by atoms with Crippen molar-refractivity contribution in [2.45, 2.75) is 53.0 Å². The molecule has 0 radical (unpaired) electrons. The number of amides is 1. The van der Waals surface area contributed by atoms with Crippen LogP contribution in [0.4, 0.5) is 0 Å². The van der Waals surface area contributed by atoms with Gasteiger partial charge in [0.25, 0.3) is 5.91 Å². The van der Waals surface area contributed by atoms with Crippen LogP contribution in [0.3, 0.4) is 0 Å². The van der Waals surface area contributed by atoms with Crippen LogP contribution < -0.4 is 5.32 Å². The molecule has 1 fully saturated rings. The molecule has 0 unspecified atom stereocenters. The van der Waals surface area contributed by atoms with E-state index in [1.54, 1.807) is 0 Å². The molecule has 0 bridgehead atoms. The van der Waals surface area contributed by atoms with E-state index in [1.165, 1.54) is 6.42 Å². The van der Waals surface area contributed by atoms with Crippen LogP contribution in [0.15, 0.2) is 22.7 Å². The van der Waals surface area contributed by atoms with Gasteiger partial charge in [0.1, 0.15) is 0 Å². The van der Waals surface area contributed by atoms with Gasteiger partial charge in [0.15, 0.2) is 0 Å². The van der Waals surface area contributed by atoms with Crippen LogP contribution in [-0.4, -0.2) is 11.9 Å². The maximum atomic E-state index is 12.6. The van der Waals surface area contributed by atoms with Crippen LogP contribution in [0.5, 0.6) is 0 Å². The zero-order chi connectivity index (χ0) is 15.8. The monoisotopic (exact) mass is 463 g/mol. The third kappa shape index (κ3) is 4.68. The first-order chi connectivity index (χ1) is 9.58. The molecule has 21 heavy (non-hydrogen) atoms. The van der Waals surface area contributed by atoms with Gasteiger partial charge >= 0.3 is 0 Å². The Bertz CT molecular complexity index is 538. The Labute approximate surface area is 149 Å². The fourth-order valence-corrected chi connectivity index (χ4v) is 4.82. The molecule has 0 saturated heterocycles. The van der Waals surface area contributed by atoms with Gasteiger partial charge in [-0.1, -0.05) is 43.6 Å². The standard InChI is InChI=1S/C17H23BrINO/c1-16(2)8-12(9-17(3,4)10-16)20-15(21)13-7-11(18)5-6-14(13)19/h5-7,12H,8-10H2,1-4H3,(H,20,21). The van der Waals surface area contributed by atoms with Crippen molar-refractivity contribution in [2.24, 2.45) is 10.8 Å². The van der Waals surface area contributed by atoms with Gasteiger partial charge in [-0.2, -0.15) is 0 Å². The van der Waals surface area contributed by atoms with Crippen molar-refractivity contribution < 1.29 is 4.79 Å². The van der Waals surface area contributed by atoms with E-state index in [9.17, 15) is 4.79 Å². The lowest BCUT2D eigenvalue weighted by Gasteiger charge is -2.45. The molecule has 1 aromatic rings. The smallest absolute Gasteiger partial charge is 0.252 e. The Hall–Kier alpha value is -0.100. The van der Waals surface area contributed by atoms with Gasteiger partial charge in [-0.15, -0.1) is 0 Å². The minimum atomic E-state index is 0.0409. The number of carbonyl (C=O) groups excluding carboxylic acids is 1. The van der Waals surface area contributed by atoms with Crippen molar-refractivity contribution in [3.05, 3.63) is 31.8 Å². The maximum Gasteiger partial charge on any atom is 0.252 e. The molecule has 1 aromatic carbocycles. The third-order valence-corrected chi connectivity index (χ3v) is 5.50. The summed E-state index contributed by atoms with van der Waals surface area (Å²) in [5.74, 6) is 0.0409. The van der Waals surface area contributed by atoms with Crippen molar-refractivity contribution in [1.29, 1.82) is 0 Å². The highest BCUT2D eigenvalue weighted by Gasteiger charge is 2.39. The molecule has 0 aliphatic heterocycles. The van der Waals surface area contributed by atoms with Gasteiger partial charge in [0.05, 0.1) is 5.56 Å². The Morgan fingerprint density at radius 2 is 1.81 bits per heavy atom. The molecule has 1 aliphatic rings. The van der Waals surface area contributed by atoms with E-state index in [1.807, 2.05) is 18.2 Å². The van der Waals surface area contributed by atoms with Gasteiger partial charge in [0.2, 0.25) is 0 Å². The predicted octanol–water partition coefficient (Wildman–Crippen LogP) is 5.39. The van der Waals surface area contributed by atoms with Crippen LogP contribution >= 0.6 is 38.5 Å². The molecular weight excluding hydrogens is 441 g/mol. The van der Waals surface area contributed by atoms with Gasteiger partial charge < -0.3 is 5.32 Å². The molecule has 0 spiro atoms. The van der Waals surface area contributed by atoms with E-state index in [0.717, 1.165) is 26.4 Å². The number of rotatable bonds is 2. The summed E-state index contributed by atoms with van der Waals surface area (Å²) >= 11 is 5.66. The summed E-state index contributed by atoms with van der Waals surface area (Å²) in [6.45, 7) is 9.21. The lowest BCUT2D eigenvalue weighted by molar-refractivity contribution is 0.0713. The van der Waals surface area contributed by atoms with E-state index in [2.05, 4.69) is 71.5 Å². The lowest BCUT2D eigenvalue weighted by Crippen LogP contribution is -2.46. The average Bonchev–Trinajstić information content (AvgIpc) is 2.27. The second-order valence-corrected chi connectivity index (χ2v) is 9.79. The molecule has 4 heteroatoms. The summed E-state index contributed by atoms with van der Waals surface area (Å²) in [7, 11) is 0. The number of hydrogen-bond acceptors (Lipinski definition) is 1. The number of carbonyl (C=O) groups is 1. The Balaban J connectivity index is 2.14. The Morgan fingerprint density at radius 1 is 1.24 bits per heavy atom. The van der Waals surface area contributed by atoms with Crippen LogP contribution in [0, 0.1) is 14.4 Å². The highest BCUT2D eigenvalue weighted by Crippen LogP contribution is 2.45. The molecule has 1 amide bonds. The van der Waals surface area contributed by atoms with Crippen LogP contribution in [0.25, 0.3) is 0 Å². The van der Waals surface area contributed by atoms with E-state index in [4.69, 9.17) is 0 Å². The van der Waals surface area contributed by atoms with Crippen LogP contribution in [0.2, 0.25) is 0 Å². The van der Waals surface area contributed by atoms with Crippen LogP contribution in [-0.2, 0) is 0 Å². The van der Waals surface area contributed by atoms with E-state index < -0.39 is 0 Å². The maximum absolute atomic E-state index is 12.6. The predicted molar refractivity (Wildman–Crippen MR) is 99.5 cm³/mol. The summed E-state index contributed by atoms with van der Waals surface area (Å²) < 4.78 is 1.93. The van der Waals surface area contributed by atoms with E-state index >= 15 is 0 Å². The number of nitrogens with one attached hydrogen (secondary N) is 1. The molecule has 116 valence electrons. The number of benzene rings is 1. The third-order valence-electron chi connectivity index (χ3n) is 4.06. The molecule has 1 aliphatic carbocycles. The minimum absolute atomic E-state index is 0.0409. The van der Waals surface area contributed by atoms with Crippen molar-refractivity contribution >= 4 is 44.4 Å². The Kier molecular flexibility index (Phi) is 5.08. The summed E-state index contributed by atoms with van der Waals surface area (Å²) in [4.78, 5) is 12.6. The van der Waals surface area contributed by atoms with Gasteiger partial charge in [0, 0.05) is 14.1 Å². The molecule has 0 aromatic heterocycles. The SMILES string of the molecule is CC1(C)CC(NC(=O)c2cc(Br)ccc2I)CC(C)(C)C1. The summed E-state index contributed by atoms with van der Waals surface area (Å²) in [6, 6.07) is 6.08. The van der Waals surface area contributed by atoms with Crippen molar-refractivity contribution in [1.82, 2.24) is 5.32 Å². The van der Waals surface area contributed by atoms with E-state index in [-0.39, 0.29) is 22.8 Å². The van der Waals surface area contributed by atoms with Gasteiger partial charge in [-0.25, -0.2) is 0 Å². The highest BCUT2D eigenvalue weighted by molar-refractivity contribution is 14.1. The molecule has 2 rings (SSSR count). The molecular formula is C17H23BrINO. The first kappa shape index (κ1) is 17.3. The molecule has 1 saturated carbocycles. The first-order valence-electron chi connectivity index (χ1n) is 7.34. The summed E-state index contributed by atoms with van der Waals surface area (Å²) in [5.41, 5.74) is 1.32. The fraction of sp³-hybridized carbons (Fsp3) is 0.588. The van der Waals surface area contributed by atoms with Crippen molar-refractivity contribution in [3.8, 4) is 0 Å².